The molecule has 2 aliphatic rings. The van der Waals surface area contributed by atoms with Crippen molar-refractivity contribution < 1.29 is 4.74 Å². The zero-order valence-electron chi connectivity index (χ0n) is 10.8. The van der Waals surface area contributed by atoms with Crippen LogP contribution in [-0.2, 0) is 4.74 Å². The number of nitrogen functional groups attached to an aromatic ring is 1. The molecule has 104 valence electrons. The Bertz CT molecular complexity index is 452. The molecule has 0 bridgehead atoms. The molecule has 2 aliphatic heterocycles. The number of nitrogens with zero attached hydrogens (tertiary/aromatic N) is 4. The van der Waals surface area contributed by atoms with Crippen molar-refractivity contribution in [1.82, 2.24) is 14.9 Å². The summed E-state index contributed by atoms with van der Waals surface area (Å²) in [6.45, 7) is 5.77. The predicted octanol–water partition coefficient (Wildman–Crippen LogP) is 0.732. The van der Waals surface area contributed by atoms with Crippen molar-refractivity contribution >= 4 is 27.7 Å². The predicted molar refractivity (Wildman–Crippen MR) is 77.2 cm³/mol. The van der Waals surface area contributed by atoms with E-state index in [2.05, 4.69) is 35.7 Å². The first-order valence-corrected chi connectivity index (χ1v) is 7.38. The second-order valence-electron chi connectivity index (χ2n) is 4.94. The molecule has 1 unspecified atom stereocenters. The Morgan fingerprint density at radius 1 is 1.32 bits per heavy atom. The Balaban J connectivity index is 1.69. The Hall–Kier alpha value is -0.920. The lowest BCUT2D eigenvalue weighted by Crippen LogP contribution is -2.44. The molecular weight excluding hydrogens is 310 g/mol. The van der Waals surface area contributed by atoms with E-state index in [0.717, 1.165) is 56.1 Å². The lowest BCUT2D eigenvalue weighted by Gasteiger charge is -2.32. The van der Waals surface area contributed by atoms with Gasteiger partial charge in [-0.15, -0.1) is 0 Å². The summed E-state index contributed by atoms with van der Waals surface area (Å²) in [6, 6.07) is 0.590. The molecule has 2 N–H and O–H groups in total. The fourth-order valence-electron chi connectivity index (χ4n) is 2.77. The summed E-state index contributed by atoms with van der Waals surface area (Å²) in [5, 5.41) is 0. The SMILES string of the molecule is Nc1ncc(Br)c(N2CCC(N3CCOCC3)C2)n1. The number of hydrogen-bond donors (Lipinski definition) is 1. The highest BCUT2D eigenvalue weighted by atomic mass is 79.9. The van der Waals surface area contributed by atoms with Crippen LogP contribution in [0.4, 0.5) is 11.8 Å². The molecule has 1 atom stereocenters. The summed E-state index contributed by atoms with van der Waals surface area (Å²) < 4.78 is 6.31. The zero-order valence-corrected chi connectivity index (χ0v) is 12.3. The van der Waals surface area contributed by atoms with Gasteiger partial charge in [-0.1, -0.05) is 0 Å². The molecule has 2 saturated heterocycles. The minimum atomic E-state index is 0.327. The number of halogens is 1. The first-order chi connectivity index (χ1) is 9.24. The second kappa shape index (κ2) is 5.60. The average Bonchev–Trinajstić information content (AvgIpc) is 2.92. The van der Waals surface area contributed by atoms with E-state index in [9.17, 15) is 0 Å². The molecule has 7 heteroatoms. The minimum Gasteiger partial charge on any atom is -0.379 e. The molecule has 19 heavy (non-hydrogen) atoms. The maximum atomic E-state index is 5.68. The second-order valence-corrected chi connectivity index (χ2v) is 5.79. The van der Waals surface area contributed by atoms with Crippen molar-refractivity contribution in [2.45, 2.75) is 12.5 Å². The van der Waals surface area contributed by atoms with Gasteiger partial charge in [0, 0.05) is 38.4 Å². The number of rotatable bonds is 2. The molecule has 2 fully saturated rings. The fourth-order valence-corrected chi connectivity index (χ4v) is 3.21. The number of ether oxygens (including phenoxy) is 1. The van der Waals surface area contributed by atoms with E-state index < -0.39 is 0 Å². The largest absolute Gasteiger partial charge is 0.379 e. The Morgan fingerprint density at radius 2 is 2.11 bits per heavy atom. The topological polar surface area (TPSA) is 67.5 Å². The monoisotopic (exact) mass is 327 g/mol. The van der Waals surface area contributed by atoms with Gasteiger partial charge in [-0.2, -0.15) is 4.98 Å². The van der Waals surface area contributed by atoms with Crippen molar-refractivity contribution in [2.24, 2.45) is 0 Å². The van der Waals surface area contributed by atoms with Gasteiger partial charge in [-0.05, 0) is 22.4 Å². The van der Waals surface area contributed by atoms with Gasteiger partial charge in [0.15, 0.2) is 0 Å². The van der Waals surface area contributed by atoms with Crippen molar-refractivity contribution in [3.05, 3.63) is 10.7 Å². The molecule has 1 aromatic heterocycles. The van der Waals surface area contributed by atoms with E-state index in [0.29, 0.717) is 12.0 Å². The van der Waals surface area contributed by atoms with Crippen LogP contribution in [-0.4, -0.2) is 60.3 Å². The summed E-state index contributed by atoms with van der Waals surface area (Å²) in [7, 11) is 0. The van der Waals surface area contributed by atoms with E-state index >= 15 is 0 Å². The molecule has 0 saturated carbocycles. The van der Waals surface area contributed by atoms with Crippen LogP contribution in [0, 0.1) is 0 Å². The molecule has 0 aliphatic carbocycles. The van der Waals surface area contributed by atoms with Gasteiger partial charge in [-0.3, -0.25) is 4.90 Å². The molecule has 0 amide bonds. The van der Waals surface area contributed by atoms with E-state index in [1.54, 1.807) is 6.20 Å². The van der Waals surface area contributed by atoms with Gasteiger partial charge in [0.25, 0.3) is 0 Å². The number of anilines is 2. The van der Waals surface area contributed by atoms with Crippen LogP contribution in [0.1, 0.15) is 6.42 Å². The van der Waals surface area contributed by atoms with Crippen LogP contribution < -0.4 is 10.6 Å². The maximum absolute atomic E-state index is 5.68. The van der Waals surface area contributed by atoms with Gasteiger partial charge in [0.05, 0.1) is 17.7 Å². The number of morpholine rings is 1. The third-order valence-electron chi connectivity index (χ3n) is 3.77. The van der Waals surface area contributed by atoms with Gasteiger partial charge in [-0.25, -0.2) is 4.98 Å². The van der Waals surface area contributed by atoms with Crippen LogP contribution in [0.25, 0.3) is 0 Å². The molecule has 0 spiro atoms. The van der Waals surface area contributed by atoms with Crippen LogP contribution in [0.5, 0.6) is 0 Å². The summed E-state index contributed by atoms with van der Waals surface area (Å²) in [4.78, 5) is 13.1. The lowest BCUT2D eigenvalue weighted by atomic mass is 10.2. The summed E-state index contributed by atoms with van der Waals surface area (Å²) in [6.07, 6.45) is 2.88. The number of aromatic nitrogens is 2. The third-order valence-corrected chi connectivity index (χ3v) is 4.33. The highest BCUT2D eigenvalue weighted by Crippen LogP contribution is 2.28. The van der Waals surface area contributed by atoms with Crippen LogP contribution >= 0.6 is 15.9 Å². The number of hydrogen-bond acceptors (Lipinski definition) is 6. The van der Waals surface area contributed by atoms with Gasteiger partial charge in [0.1, 0.15) is 5.82 Å². The Kier molecular flexibility index (Phi) is 3.86. The van der Waals surface area contributed by atoms with Gasteiger partial charge in [0.2, 0.25) is 5.95 Å². The smallest absolute Gasteiger partial charge is 0.222 e. The molecule has 0 radical (unpaired) electrons. The summed E-state index contributed by atoms with van der Waals surface area (Å²) in [5.74, 6) is 1.23. The maximum Gasteiger partial charge on any atom is 0.222 e. The van der Waals surface area contributed by atoms with Crippen LogP contribution in [0.15, 0.2) is 10.7 Å². The first-order valence-electron chi connectivity index (χ1n) is 6.59. The van der Waals surface area contributed by atoms with Crippen molar-refractivity contribution in [3.63, 3.8) is 0 Å². The van der Waals surface area contributed by atoms with Crippen molar-refractivity contribution in [3.8, 4) is 0 Å². The molecule has 6 nitrogen and oxygen atoms in total. The van der Waals surface area contributed by atoms with E-state index in [-0.39, 0.29) is 0 Å². The molecule has 1 aromatic rings. The third kappa shape index (κ3) is 2.82. The highest BCUT2D eigenvalue weighted by Gasteiger charge is 2.30. The first kappa shape index (κ1) is 13.1. The Morgan fingerprint density at radius 3 is 2.89 bits per heavy atom. The van der Waals surface area contributed by atoms with Gasteiger partial charge >= 0.3 is 0 Å². The van der Waals surface area contributed by atoms with Crippen LogP contribution in [0.3, 0.4) is 0 Å². The van der Waals surface area contributed by atoms with E-state index in [1.165, 1.54) is 0 Å². The summed E-state index contributed by atoms with van der Waals surface area (Å²) in [5.41, 5.74) is 5.68. The molecule has 0 aromatic carbocycles. The number of nitrogens with two attached hydrogens (primary N) is 1. The van der Waals surface area contributed by atoms with E-state index in [4.69, 9.17) is 10.5 Å². The molecular formula is C12H18BrN5O. The van der Waals surface area contributed by atoms with Gasteiger partial charge < -0.3 is 15.4 Å². The standard InChI is InChI=1S/C12H18BrN5O/c13-10-7-15-12(14)16-11(10)18-2-1-9(8-18)17-3-5-19-6-4-17/h7,9H,1-6,8H2,(H2,14,15,16). The fraction of sp³-hybridized carbons (Fsp3) is 0.667. The highest BCUT2D eigenvalue weighted by molar-refractivity contribution is 9.10. The molecule has 3 heterocycles. The average molecular weight is 328 g/mol. The zero-order chi connectivity index (χ0) is 13.2. The normalized spacial score (nSPS) is 24.9. The van der Waals surface area contributed by atoms with Crippen molar-refractivity contribution in [1.29, 1.82) is 0 Å². The lowest BCUT2D eigenvalue weighted by molar-refractivity contribution is 0.0209. The summed E-state index contributed by atoms with van der Waals surface area (Å²) >= 11 is 3.50. The van der Waals surface area contributed by atoms with Crippen LogP contribution in [0.2, 0.25) is 0 Å². The molecule has 3 rings (SSSR count). The minimum absolute atomic E-state index is 0.327. The Labute approximate surface area is 121 Å². The quantitative estimate of drug-likeness (QED) is 0.863. The van der Waals surface area contributed by atoms with Crippen molar-refractivity contribution in [2.75, 3.05) is 50.0 Å². The van der Waals surface area contributed by atoms with E-state index in [1.807, 2.05) is 0 Å².